The zero-order valence-corrected chi connectivity index (χ0v) is 17.5. The van der Waals surface area contributed by atoms with E-state index in [-0.39, 0.29) is 0 Å². The number of benzene rings is 1. The normalized spacial score (nSPS) is 19.9. The van der Waals surface area contributed by atoms with Gasteiger partial charge in [-0.3, -0.25) is 14.7 Å². The van der Waals surface area contributed by atoms with Crippen molar-refractivity contribution in [2.24, 2.45) is 5.41 Å². The van der Waals surface area contributed by atoms with Crippen LogP contribution in [0.2, 0.25) is 0 Å². The first kappa shape index (κ1) is 19.5. The molecule has 2 aromatic rings. The van der Waals surface area contributed by atoms with Crippen LogP contribution in [0.3, 0.4) is 0 Å². The summed E-state index contributed by atoms with van der Waals surface area (Å²) in [6.45, 7) is 4.91. The van der Waals surface area contributed by atoms with Crippen molar-refractivity contribution in [3.8, 4) is 0 Å². The summed E-state index contributed by atoms with van der Waals surface area (Å²) in [5.41, 5.74) is 2.88. The van der Waals surface area contributed by atoms with Gasteiger partial charge in [-0.2, -0.15) is 0 Å². The van der Waals surface area contributed by atoms with Crippen molar-refractivity contribution in [1.29, 1.82) is 0 Å². The molecule has 0 unspecified atom stereocenters. The second kappa shape index (κ2) is 8.66. The highest BCUT2D eigenvalue weighted by Crippen LogP contribution is 2.41. The van der Waals surface area contributed by atoms with Crippen molar-refractivity contribution in [1.82, 2.24) is 14.8 Å². The molecular weight excluding hydrogens is 366 g/mol. The quantitative estimate of drug-likeness (QED) is 0.711. The number of carbonyl (C=O) groups excluding carboxylic acids is 1. The predicted octanol–water partition coefficient (Wildman–Crippen LogP) is 4.21. The van der Waals surface area contributed by atoms with Gasteiger partial charge in [0.25, 0.3) is 0 Å². The Bertz CT molecular complexity index is 803. The molecule has 1 amide bonds. The monoisotopic (exact) mass is 395 g/mol. The minimum absolute atomic E-state index is 0.304. The van der Waals surface area contributed by atoms with Crippen LogP contribution in [0.4, 0.5) is 0 Å². The van der Waals surface area contributed by atoms with Crippen molar-refractivity contribution in [3.63, 3.8) is 0 Å². The fourth-order valence-electron chi connectivity index (χ4n) is 4.58. The second-order valence-corrected chi connectivity index (χ2v) is 9.11. The molecule has 2 saturated heterocycles. The zero-order chi connectivity index (χ0) is 19.4. The summed E-state index contributed by atoms with van der Waals surface area (Å²) in [6.07, 6.45) is 9.87. The molecule has 2 fully saturated rings. The molecule has 0 N–H and O–H groups in total. The second-order valence-electron chi connectivity index (χ2n) is 8.23. The van der Waals surface area contributed by atoms with Gasteiger partial charge in [0.05, 0.1) is 0 Å². The smallest absolute Gasteiger partial charge is 0.222 e. The van der Waals surface area contributed by atoms with Gasteiger partial charge in [0.2, 0.25) is 5.91 Å². The topological polar surface area (TPSA) is 36.4 Å². The van der Waals surface area contributed by atoms with Gasteiger partial charge in [-0.1, -0.05) is 12.1 Å². The summed E-state index contributed by atoms with van der Waals surface area (Å²) >= 11 is 1.80. The Morgan fingerprint density at radius 1 is 1.04 bits per heavy atom. The summed E-state index contributed by atoms with van der Waals surface area (Å²) in [7, 11) is 0. The van der Waals surface area contributed by atoms with Crippen LogP contribution in [0.1, 0.15) is 36.8 Å². The number of carbonyl (C=O) groups is 1. The largest absolute Gasteiger partial charge is 0.338 e. The maximum absolute atomic E-state index is 12.5. The third-order valence-electron chi connectivity index (χ3n) is 6.33. The molecule has 0 radical (unpaired) electrons. The highest BCUT2D eigenvalue weighted by molar-refractivity contribution is 7.98. The average Bonchev–Trinajstić information content (AvgIpc) is 2.74. The molecule has 1 spiro atoms. The maximum atomic E-state index is 12.5. The van der Waals surface area contributed by atoms with E-state index in [1.807, 2.05) is 24.5 Å². The molecule has 148 valence electrons. The van der Waals surface area contributed by atoms with Gasteiger partial charge >= 0.3 is 0 Å². The number of pyridine rings is 1. The molecule has 1 aromatic heterocycles. The molecule has 4 rings (SSSR count). The molecule has 0 saturated carbocycles. The number of piperidine rings is 2. The average molecular weight is 396 g/mol. The summed E-state index contributed by atoms with van der Waals surface area (Å²) in [4.78, 5) is 22.6. The third-order valence-corrected chi connectivity index (χ3v) is 7.05. The maximum Gasteiger partial charge on any atom is 0.222 e. The standard InChI is InChI=1S/C23H29N3OS/c1-28-21-4-2-3-20(15-21)16-25-13-9-23(10-14-25)8-5-22(27)26(18-23)17-19-6-11-24-12-7-19/h2-4,6-7,11-12,15H,5,8-10,13-14,16-18H2,1H3. The molecule has 28 heavy (non-hydrogen) atoms. The van der Waals surface area contributed by atoms with E-state index in [9.17, 15) is 4.79 Å². The Balaban J connectivity index is 1.35. The lowest BCUT2D eigenvalue weighted by atomic mass is 9.72. The molecule has 4 nitrogen and oxygen atoms in total. The Morgan fingerprint density at radius 2 is 1.82 bits per heavy atom. The number of hydrogen-bond donors (Lipinski definition) is 0. The number of amides is 1. The van der Waals surface area contributed by atoms with E-state index in [4.69, 9.17) is 0 Å². The van der Waals surface area contributed by atoms with E-state index >= 15 is 0 Å². The number of likely N-dealkylation sites (tertiary alicyclic amines) is 2. The molecule has 1 aromatic carbocycles. The van der Waals surface area contributed by atoms with E-state index in [1.54, 1.807) is 11.8 Å². The molecule has 5 heteroatoms. The van der Waals surface area contributed by atoms with Crippen molar-refractivity contribution in [2.75, 3.05) is 25.9 Å². The highest BCUT2D eigenvalue weighted by Gasteiger charge is 2.40. The van der Waals surface area contributed by atoms with Crippen LogP contribution in [0.15, 0.2) is 53.7 Å². The van der Waals surface area contributed by atoms with Gasteiger partial charge in [0.1, 0.15) is 0 Å². The predicted molar refractivity (Wildman–Crippen MR) is 114 cm³/mol. The minimum atomic E-state index is 0.304. The first-order valence-corrected chi connectivity index (χ1v) is 11.4. The van der Waals surface area contributed by atoms with Gasteiger partial charge in [-0.25, -0.2) is 0 Å². The number of nitrogens with zero attached hydrogens (tertiary/aromatic N) is 3. The van der Waals surface area contributed by atoms with Crippen molar-refractivity contribution in [3.05, 3.63) is 59.9 Å². The molecule has 2 aliphatic heterocycles. The molecule has 3 heterocycles. The summed E-state index contributed by atoms with van der Waals surface area (Å²) in [6, 6.07) is 12.9. The lowest BCUT2D eigenvalue weighted by Gasteiger charge is -2.47. The van der Waals surface area contributed by atoms with E-state index < -0.39 is 0 Å². The summed E-state index contributed by atoms with van der Waals surface area (Å²) in [5.74, 6) is 0.304. The first-order valence-electron chi connectivity index (χ1n) is 10.2. The molecule has 0 bridgehead atoms. The summed E-state index contributed by atoms with van der Waals surface area (Å²) < 4.78 is 0. The lowest BCUT2D eigenvalue weighted by molar-refractivity contribution is -0.140. The van der Waals surface area contributed by atoms with E-state index in [2.05, 4.69) is 45.3 Å². The number of aromatic nitrogens is 1. The van der Waals surface area contributed by atoms with Crippen LogP contribution in [-0.4, -0.2) is 46.6 Å². The zero-order valence-electron chi connectivity index (χ0n) is 16.6. The van der Waals surface area contributed by atoms with Crippen LogP contribution in [0.5, 0.6) is 0 Å². The molecule has 0 aliphatic carbocycles. The fourth-order valence-corrected chi connectivity index (χ4v) is 5.06. The van der Waals surface area contributed by atoms with Gasteiger partial charge in [-0.15, -0.1) is 11.8 Å². The van der Waals surface area contributed by atoms with Gasteiger partial charge in [0.15, 0.2) is 0 Å². The van der Waals surface area contributed by atoms with Crippen molar-refractivity contribution in [2.45, 2.75) is 43.7 Å². The van der Waals surface area contributed by atoms with E-state index in [1.165, 1.54) is 28.9 Å². The Hall–Kier alpha value is -1.85. The van der Waals surface area contributed by atoms with Crippen LogP contribution in [-0.2, 0) is 17.9 Å². The SMILES string of the molecule is CSc1cccc(CN2CCC3(CCC(=O)N(Cc4ccncc4)C3)CC2)c1. The number of thioether (sulfide) groups is 1. The van der Waals surface area contributed by atoms with Crippen LogP contribution in [0, 0.1) is 5.41 Å². The lowest BCUT2D eigenvalue weighted by Crippen LogP contribution is -2.51. The molecule has 0 atom stereocenters. The third kappa shape index (κ3) is 4.58. The first-order chi connectivity index (χ1) is 13.7. The molecule has 2 aliphatic rings. The van der Waals surface area contributed by atoms with E-state index in [0.29, 0.717) is 24.3 Å². The van der Waals surface area contributed by atoms with Crippen LogP contribution < -0.4 is 0 Å². The van der Waals surface area contributed by atoms with Gasteiger partial charge < -0.3 is 4.90 Å². The Labute approximate surface area is 172 Å². The van der Waals surface area contributed by atoms with Crippen LogP contribution in [0.25, 0.3) is 0 Å². The fraction of sp³-hybridized carbons (Fsp3) is 0.478. The minimum Gasteiger partial charge on any atom is -0.338 e. The van der Waals surface area contributed by atoms with Gasteiger partial charge in [0, 0.05) is 43.3 Å². The Morgan fingerprint density at radius 3 is 2.57 bits per heavy atom. The van der Waals surface area contributed by atoms with Crippen molar-refractivity contribution < 1.29 is 4.79 Å². The van der Waals surface area contributed by atoms with Gasteiger partial charge in [-0.05, 0) is 79.4 Å². The van der Waals surface area contributed by atoms with E-state index in [0.717, 1.165) is 32.6 Å². The molecular formula is C23H29N3OS. The summed E-state index contributed by atoms with van der Waals surface area (Å²) in [5, 5.41) is 0. The number of hydrogen-bond acceptors (Lipinski definition) is 4. The number of rotatable bonds is 5. The highest BCUT2D eigenvalue weighted by atomic mass is 32.2. The Kier molecular flexibility index (Phi) is 6.02. The van der Waals surface area contributed by atoms with Crippen molar-refractivity contribution >= 4 is 17.7 Å². The van der Waals surface area contributed by atoms with Crippen LogP contribution >= 0.6 is 11.8 Å².